The van der Waals surface area contributed by atoms with Crippen molar-refractivity contribution in [2.24, 2.45) is 0 Å². The van der Waals surface area contributed by atoms with Crippen LogP contribution in [0.5, 0.6) is 0 Å². The van der Waals surface area contributed by atoms with E-state index in [1.54, 1.807) is 11.4 Å². The number of sulfonamides is 1. The molecule has 6 heteroatoms. The second-order valence-corrected chi connectivity index (χ2v) is 8.71. The van der Waals surface area contributed by atoms with Crippen molar-refractivity contribution < 1.29 is 13.2 Å². The highest BCUT2D eigenvalue weighted by molar-refractivity contribution is 7.89. The molecule has 0 saturated carbocycles. The van der Waals surface area contributed by atoms with Crippen LogP contribution in [0.2, 0.25) is 0 Å². The first-order chi connectivity index (χ1) is 10.6. The average molecular weight is 333 g/mol. The lowest BCUT2D eigenvalue weighted by atomic mass is 10.1. The highest BCUT2D eigenvalue weighted by atomic mass is 32.2. The Kier molecular flexibility index (Phi) is 7.60. The SMILES string of the molecule is COCCCCS(=O)(=O)N1CCC[C@H](N2CCCCCC2)C1. The zero-order chi connectivity index (χ0) is 15.8. The van der Waals surface area contributed by atoms with E-state index < -0.39 is 10.0 Å². The van der Waals surface area contributed by atoms with Crippen LogP contribution >= 0.6 is 0 Å². The summed E-state index contributed by atoms with van der Waals surface area (Å²) >= 11 is 0. The van der Waals surface area contributed by atoms with Gasteiger partial charge >= 0.3 is 0 Å². The number of methoxy groups -OCH3 is 1. The van der Waals surface area contributed by atoms with Crippen molar-refractivity contribution in [1.82, 2.24) is 9.21 Å². The Morgan fingerprint density at radius 1 is 1.00 bits per heavy atom. The summed E-state index contributed by atoms with van der Waals surface area (Å²) in [6.07, 6.45) is 8.84. The third kappa shape index (κ3) is 5.48. The van der Waals surface area contributed by atoms with Crippen LogP contribution in [0.3, 0.4) is 0 Å². The fourth-order valence-corrected chi connectivity index (χ4v) is 5.23. The number of unbranched alkanes of at least 4 members (excludes halogenated alkanes) is 1. The number of piperidine rings is 1. The van der Waals surface area contributed by atoms with Crippen LogP contribution in [0.15, 0.2) is 0 Å². The van der Waals surface area contributed by atoms with Gasteiger partial charge in [-0.1, -0.05) is 12.8 Å². The van der Waals surface area contributed by atoms with Gasteiger partial charge in [-0.15, -0.1) is 0 Å². The molecule has 0 aliphatic carbocycles. The smallest absolute Gasteiger partial charge is 0.214 e. The van der Waals surface area contributed by atoms with Crippen molar-refractivity contribution in [3.8, 4) is 0 Å². The molecular formula is C16H32N2O3S. The number of rotatable bonds is 7. The largest absolute Gasteiger partial charge is 0.385 e. The molecule has 0 radical (unpaired) electrons. The van der Waals surface area contributed by atoms with E-state index in [4.69, 9.17) is 4.74 Å². The van der Waals surface area contributed by atoms with Gasteiger partial charge in [-0.25, -0.2) is 12.7 Å². The van der Waals surface area contributed by atoms with E-state index in [1.165, 1.54) is 25.7 Å². The number of hydrogen-bond acceptors (Lipinski definition) is 4. The predicted octanol–water partition coefficient (Wildman–Crippen LogP) is 2.08. The molecule has 0 aromatic heterocycles. The highest BCUT2D eigenvalue weighted by Gasteiger charge is 2.31. The summed E-state index contributed by atoms with van der Waals surface area (Å²) in [6.45, 7) is 4.34. The van der Waals surface area contributed by atoms with E-state index in [1.807, 2.05) is 0 Å². The van der Waals surface area contributed by atoms with Gasteiger partial charge < -0.3 is 4.74 Å². The number of ether oxygens (including phenoxy) is 1. The Balaban J connectivity index is 1.85. The summed E-state index contributed by atoms with van der Waals surface area (Å²) in [4.78, 5) is 2.54. The minimum absolute atomic E-state index is 0.267. The van der Waals surface area contributed by atoms with Crippen LogP contribution in [-0.2, 0) is 14.8 Å². The molecule has 0 spiro atoms. The summed E-state index contributed by atoms with van der Waals surface area (Å²) in [7, 11) is -1.44. The van der Waals surface area contributed by atoms with Crippen LogP contribution in [0, 0.1) is 0 Å². The minimum Gasteiger partial charge on any atom is -0.385 e. The summed E-state index contributed by atoms with van der Waals surface area (Å²) < 4.78 is 31.8. The van der Waals surface area contributed by atoms with E-state index in [-0.39, 0.29) is 5.75 Å². The van der Waals surface area contributed by atoms with Crippen molar-refractivity contribution in [1.29, 1.82) is 0 Å². The minimum atomic E-state index is -3.09. The third-order valence-corrected chi connectivity index (χ3v) is 6.83. The van der Waals surface area contributed by atoms with E-state index in [0.717, 1.165) is 32.4 Å². The first-order valence-electron chi connectivity index (χ1n) is 8.84. The molecule has 0 bridgehead atoms. The van der Waals surface area contributed by atoms with Gasteiger partial charge in [0.2, 0.25) is 10.0 Å². The Bertz CT molecular complexity index is 406. The van der Waals surface area contributed by atoms with Crippen molar-refractivity contribution in [3.05, 3.63) is 0 Å². The molecule has 22 heavy (non-hydrogen) atoms. The van der Waals surface area contributed by atoms with Crippen molar-refractivity contribution >= 4 is 10.0 Å². The molecule has 130 valence electrons. The average Bonchev–Trinajstić information content (AvgIpc) is 2.81. The van der Waals surface area contributed by atoms with Gasteiger partial charge in [0.1, 0.15) is 0 Å². The van der Waals surface area contributed by atoms with Crippen LogP contribution in [0.4, 0.5) is 0 Å². The Hall–Kier alpha value is -0.170. The molecule has 2 fully saturated rings. The molecular weight excluding hydrogens is 300 g/mol. The maximum Gasteiger partial charge on any atom is 0.214 e. The van der Waals surface area contributed by atoms with Crippen LogP contribution < -0.4 is 0 Å². The Morgan fingerprint density at radius 2 is 1.73 bits per heavy atom. The van der Waals surface area contributed by atoms with Gasteiger partial charge in [0, 0.05) is 32.8 Å². The zero-order valence-electron chi connectivity index (χ0n) is 14.0. The molecule has 5 nitrogen and oxygen atoms in total. The summed E-state index contributed by atoms with van der Waals surface area (Å²) in [5, 5.41) is 0. The van der Waals surface area contributed by atoms with Crippen molar-refractivity contribution in [2.45, 2.75) is 57.4 Å². The number of hydrogen-bond donors (Lipinski definition) is 0. The predicted molar refractivity (Wildman–Crippen MR) is 89.5 cm³/mol. The lowest BCUT2D eigenvalue weighted by Crippen LogP contribution is -2.50. The fraction of sp³-hybridized carbons (Fsp3) is 1.00. The quantitative estimate of drug-likeness (QED) is 0.670. The first-order valence-corrected chi connectivity index (χ1v) is 10.5. The normalized spacial score (nSPS) is 26.0. The molecule has 2 heterocycles. The Labute approximate surface area is 136 Å². The first kappa shape index (κ1) is 18.2. The Morgan fingerprint density at radius 3 is 2.41 bits per heavy atom. The maximum absolute atomic E-state index is 12.5. The van der Waals surface area contributed by atoms with Gasteiger partial charge in [0.25, 0.3) is 0 Å². The fourth-order valence-electron chi connectivity index (χ4n) is 3.59. The molecule has 0 unspecified atom stereocenters. The molecule has 2 saturated heterocycles. The van der Waals surface area contributed by atoms with Crippen LogP contribution in [0.25, 0.3) is 0 Å². The van der Waals surface area contributed by atoms with E-state index in [0.29, 0.717) is 32.2 Å². The number of nitrogens with zero attached hydrogens (tertiary/aromatic N) is 2. The molecule has 2 aliphatic heterocycles. The molecule has 0 aromatic rings. The van der Waals surface area contributed by atoms with E-state index in [2.05, 4.69) is 4.90 Å². The van der Waals surface area contributed by atoms with Gasteiger partial charge in [0.05, 0.1) is 5.75 Å². The van der Waals surface area contributed by atoms with Gasteiger partial charge in [-0.2, -0.15) is 0 Å². The van der Waals surface area contributed by atoms with Gasteiger partial charge in [0.15, 0.2) is 0 Å². The maximum atomic E-state index is 12.5. The second-order valence-electron chi connectivity index (χ2n) is 6.62. The molecule has 0 aromatic carbocycles. The summed E-state index contributed by atoms with van der Waals surface area (Å²) in [6, 6.07) is 0.431. The van der Waals surface area contributed by atoms with E-state index in [9.17, 15) is 8.42 Å². The monoisotopic (exact) mass is 332 g/mol. The molecule has 0 amide bonds. The van der Waals surface area contributed by atoms with Crippen molar-refractivity contribution in [3.63, 3.8) is 0 Å². The van der Waals surface area contributed by atoms with Crippen LogP contribution in [-0.4, -0.2) is 69.3 Å². The molecule has 1 atom stereocenters. The van der Waals surface area contributed by atoms with E-state index >= 15 is 0 Å². The third-order valence-electron chi connectivity index (χ3n) is 4.91. The standard InChI is InChI=1S/C16H32N2O3S/c1-21-13-6-7-14-22(19,20)18-12-8-9-16(15-18)17-10-4-2-3-5-11-17/h16H,2-15H2,1H3/t16-/m0/s1. The zero-order valence-corrected chi connectivity index (χ0v) is 14.8. The van der Waals surface area contributed by atoms with Gasteiger partial charge in [-0.3, -0.25) is 4.90 Å². The number of likely N-dealkylation sites (tertiary alicyclic amines) is 1. The van der Waals surface area contributed by atoms with Crippen LogP contribution in [0.1, 0.15) is 51.4 Å². The lowest BCUT2D eigenvalue weighted by Gasteiger charge is -2.38. The summed E-state index contributed by atoms with van der Waals surface area (Å²) in [5.41, 5.74) is 0. The molecule has 2 aliphatic rings. The second kappa shape index (κ2) is 9.21. The molecule has 2 rings (SSSR count). The van der Waals surface area contributed by atoms with Gasteiger partial charge in [-0.05, 0) is 51.6 Å². The lowest BCUT2D eigenvalue weighted by molar-refractivity contribution is 0.139. The van der Waals surface area contributed by atoms with Crippen molar-refractivity contribution in [2.75, 3.05) is 45.6 Å². The highest BCUT2D eigenvalue weighted by Crippen LogP contribution is 2.22. The molecule has 0 N–H and O–H groups in total. The summed E-state index contributed by atoms with van der Waals surface area (Å²) in [5.74, 6) is 0.267. The topological polar surface area (TPSA) is 49.9 Å².